The van der Waals surface area contributed by atoms with Crippen LogP contribution in [0, 0.1) is 5.92 Å². The molecule has 1 aliphatic heterocycles. The minimum absolute atomic E-state index is 0.0817. The summed E-state index contributed by atoms with van der Waals surface area (Å²) in [6.07, 6.45) is 2.70. The summed E-state index contributed by atoms with van der Waals surface area (Å²) in [5.41, 5.74) is 2.97. The molecule has 0 aromatic heterocycles. The van der Waals surface area contributed by atoms with Gasteiger partial charge in [-0.2, -0.15) is 0 Å². The summed E-state index contributed by atoms with van der Waals surface area (Å²) < 4.78 is 10.9. The summed E-state index contributed by atoms with van der Waals surface area (Å²) in [4.78, 5) is 12.2. The van der Waals surface area contributed by atoms with Gasteiger partial charge in [0.25, 0.3) is 0 Å². The first-order valence-electron chi connectivity index (χ1n) is 9.53. The van der Waals surface area contributed by atoms with Crippen LogP contribution in [0.25, 0.3) is 0 Å². The molecule has 1 unspecified atom stereocenters. The average molecular weight is 368 g/mol. The number of rotatable bonds is 9. The fourth-order valence-corrected chi connectivity index (χ4v) is 3.27. The van der Waals surface area contributed by atoms with E-state index in [9.17, 15) is 4.79 Å². The molecule has 2 aromatic carbocycles. The highest BCUT2D eigenvalue weighted by Crippen LogP contribution is 2.17. The van der Waals surface area contributed by atoms with Gasteiger partial charge < -0.3 is 20.1 Å². The zero-order valence-electron chi connectivity index (χ0n) is 15.9. The number of methoxy groups -OCH3 is 1. The van der Waals surface area contributed by atoms with Crippen LogP contribution in [0.1, 0.15) is 30.4 Å². The third-order valence-electron chi connectivity index (χ3n) is 4.85. The second kappa shape index (κ2) is 10.1. The van der Waals surface area contributed by atoms with Crippen molar-refractivity contribution in [3.05, 3.63) is 59.7 Å². The summed E-state index contributed by atoms with van der Waals surface area (Å²) in [7, 11) is 1.66. The predicted octanol–water partition coefficient (Wildman–Crippen LogP) is 3.74. The van der Waals surface area contributed by atoms with E-state index in [2.05, 4.69) is 10.6 Å². The van der Waals surface area contributed by atoms with Crippen LogP contribution in [-0.2, 0) is 22.7 Å². The van der Waals surface area contributed by atoms with E-state index in [1.165, 1.54) is 6.42 Å². The van der Waals surface area contributed by atoms with Gasteiger partial charge in [0.2, 0.25) is 5.91 Å². The van der Waals surface area contributed by atoms with Gasteiger partial charge in [-0.15, -0.1) is 0 Å². The second-order valence-electron chi connectivity index (χ2n) is 6.99. The van der Waals surface area contributed by atoms with E-state index in [0.717, 1.165) is 42.1 Å². The van der Waals surface area contributed by atoms with Gasteiger partial charge in [0, 0.05) is 12.1 Å². The Labute approximate surface area is 161 Å². The maximum Gasteiger partial charge on any atom is 0.224 e. The Balaban J connectivity index is 1.42. The Morgan fingerprint density at radius 1 is 1.15 bits per heavy atom. The summed E-state index contributed by atoms with van der Waals surface area (Å²) in [6, 6.07) is 15.7. The largest absolute Gasteiger partial charge is 0.497 e. The maximum atomic E-state index is 12.2. The molecule has 0 bridgehead atoms. The zero-order chi connectivity index (χ0) is 18.9. The van der Waals surface area contributed by atoms with E-state index in [1.807, 2.05) is 48.5 Å². The Morgan fingerprint density at radius 2 is 1.96 bits per heavy atom. The smallest absolute Gasteiger partial charge is 0.224 e. The van der Waals surface area contributed by atoms with Gasteiger partial charge in [0.05, 0.1) is 20.3 Å². The summed E-state index contributed by atoms with van der Waals surface area (Å²) >= 11 is 0. The number of hydrogen-bond donors (Lipinski definition) is 2. The molecule has 0 spiro atoms. The van der Waals surface area contributed by atoms with Crippen LogP contribution in [0.2, 0.25) is 0 Å². The van der Waals surface area contributed by atoms with Crippen molar-refractivity contribution < 1.29 is 14.3 Å². The van der Waals surface area contributed by atoms with Crippen molar-refractivity contribution >= 4 is 11.6 Å². The van der Waals surface area contributed by atoms with E-state index in [-0.39, 0.29) is 5.91 Å². The number of carbonyl (C=O) groups excluding carboxylic acids is 1. The molecule has 5 nitrogen and oxygen atoms in total. The van der Waals surface area contributed by atoms with Crippen molar-refractivity contribution in [1.29, 1.82) is 0 Å². The molecule has 0 saturated carbocycles. The highest BCUT2D eigenvalue weighted by molar-refractivity contribution is 5.90. The van der Waals surface area contributed by atoms with Crippen LogP contribution >= 0.6 is 0 Å². The first kappa shape index (κ1) is 19.4. The molecule has 0 radical (unpaired) electrons. The fourth-order valence-electron chi connectivity index (χ4n) is 3.27. The molecule has 1 aliphatic rings. The topological polar surface area (TPSA) is 59.6 Å². The molecule has 5 heteroatoms. The van der Waals surface area contributed by atoms with Crippen molar-refractivity contribution in [1.82, 2.24) is 5.32 Å². The van der Waals surface area contributed by atoms with Gasteiger partial charge in [0.1, 0.15) is 5.75 Å². The summed E-state index contributed by atoms with van der Waals surface area (Å²) in [5.74, 6) is 1.55. The van der Waals surface area contributed by atoms with Crippen molar-refractivity contribution in [3.8, 4) is 5.75 Å². The van der Waals surface area contributed by atoms with Gasteiger partial charge in [0.15, 0.2) is 0 Å². The number of anilines is 1. The number of hydrogen-bond acceptors (Lipinski definition) is 4. The normalized spacial score (nSPS) is 16.3. The standard InChI is InChI=1S/C22H28N2O3/c1-26-21-8-5-18(6-9-21)15-27-16-19-3-2-4-20(13-19)24-22(25)10-7-17-11-12-23-14-17/h2-6,8-9,13,17,23H,7,10-12,14-16H2,1H3,(H,24,25). The molecule has 3 rings (SSSR count). The minimum atomic E-state index is 0.0817. The Bertz CT molecular complexity index is 725. The highest BCUT2D eigenvalue weighted by atomic mass is 16.5. The summed E-state index contributed by atoms with van der Waals surface area (Å²) in [5, 5.41) is 6.34. The van der Waals surface area contributed by atoms with Crippen LogP contribution in [0.15, 0.2) is 48.5 Å². The van der Waals surface area contributed by atoms with E-state index in [0.29, 0.717) is 25.6 Å². The third kappa shape index (κ3) is 6.38. The SMILES string of the molecule is COc1ccc(COCc2cccc(NC(=O)CCC3CCNC3)c2)cc1. The van der Waals surface area contributed by atoms with Crippen LogP contribution < -0.4 is 15.4 Å². The van der Waals surface area contributed by atoms with Crippen molar-refractivity contribution in [2.24, 2.45) is 5.92 Å². The van der Waals surface area contributed by atoms with E-state index in [1.54, 1.807) is 7.11 Å². The minimum Gasteiger partial charge on any atom is -0.497 e. The lowest BCUT2D eigenvalue weighted by Crippen LogP contribution is -2.15. The summed E-state index contributed by atoms with van der Waals surface area (Å²) in [6.45, 7) is 3.15. The highest BCUT2D eigenvalue weighted by Gasteiger charge is 2.15. The molecular formula is C22H28N2O3. The van der Waals surface area contributed by atoms with Gasteiger partial charge in [-0.3, -0.25) is 4.79 Å². The number of nitrogens with one attached hydrogen (secondary N) is 2. The third-order valence-corrected chi connectivity index (χ3v) is 4.85. The predicted molar refractivity (Wildman–Crippen MR) is 107 cm³/mol. The molecule has 1 saturated heterocycles. The van der Waals surface area contributed by atoms with Crippen molar-refractivity contribution in [2.45, 2.75) is 32.5 Å². The molecular weight excluding hydrogens is 340 g/mol. The quantitative estimate of drug-likeness (QED) is 0.708. The second-order valence-corrected chi connectivity index (χ2v) is 6.99. The van der Waals surface area contributed by atoms with E-state index >= 15 is 0 Å². The molecule has 1 fully saturated rings. The lowest BCUT2D eigenvalue weighted by molar-refractivity contribution is -0.116. The van der Waals surface area contributed by atoms with Crippen LogP contribution in [0.5, 0.6) is 5.75 Å². The lowest BCUT2D eigenvalue weighted by Gasteiger charge is -2.10. The first-order valence-corrected chi connectivity index (χ1v) is 9.53. The van der Waals surface area contributed by atoms with Gasteiger partial charge in [-0.1, -0.05) is 24.3 Å². The molecule has 1 atom stereocenters. The van der Waals surface area contributed by atoms with Crippen molar-refractivity contribution in [3.63, 3.8) is 0 Å². The monoisotopic (exact) mass is 368 g/mol. The molecule has 1 amide bonds. The Kier molecular flexibility index (Phi) is 7.25. The molecule has 2 aromatic rings. The van der Waals surface area contributed by atoms with Gasteiger partial charge in [-0.25, -0.2) is 0 Å². The van der Waals surface area contributed by atoms with Crippen molar-refractivity contribution in [2.75, 3.05) is 25.5 Å². The molecule has 1 heterocycles. The number of benzene rings is 2. The molecule has 2 N–H and O–H groups in total. The van der Waals surface area contributed by atoms with Gasteiger partial charge >= 0.3 is 0 Å². The van der Waals surface area contributed by atoms with E-state index < -0.39 is 0 Å². The number of carbonyl (C=O) groups is 1. The number of amides is 1. The van der Waals surface area contributed by atoms with E-state index in [4.69, 9.17) is 9.47 Å². The maximum absolute atomic E-state index is 12.2. The molecule has 144 valence electrons. The zero-order valence-corrected chi connectivity index (χ0v) is 15.9. The average Bonchev–Trinajstić information content (AvgIpc) is 3.21. The fraction of sp³-hybridized carbons (Fsp3) is 0.409. The van der Waals surface area contributed by atoms with Crippen LogP contribution in [0.3, 0.4) is 0 Å². The molecule has 27 heavy (non-hydrogen) atoms. The lowest BCUT2D eigenvalue weighted by atomic mass is 10.0. The van der Waals surface area contributed by atoms with Gasteiger partial charge in [-0.05, 0) is 67.2 Å². The number of ether oxygens (including phenoxy) is 2. The molecule has 0 aliphatic carbocycles. The Morgan fingerprint density at radius 3 is 2.70 bits per heavy atom. The van der Waals surface area contributed by atoms with Crippen LogP contribution in [-0.4, -0.2) is 26.1 Å². The Hall–Kier alpha value is -2.37. The van der Waals surface area contributed by atoms with Crippen LogP contribution in [0.4, 0.5) is 5.69 Å². The first-order chi connectivity index (χ1) is 13.2.